The molecule has 2 amide bonds. The summed E-state index contributed by atoms with van der Waals surface area (Å²) in [5.41, 5.74) is 1.88. The third-order valence-corrected chi connectivity index (χ3v) is 7.54. The van der Waals surface area contributed by atoms with Crippen molar-refractivity contribution in [1.82, 2.24) is 10.2 Å². The molecule has 2 aliphatic rings. The molecule has 30 heavy (non-hydrogen) atoms. The number of rotatable bonds is 7. The Morgan fingerprint density at radius 3 is 2.67 bits per heavy atom. The lowest BCUT2D eigenvalue weighted by molar-refractivity contribution is -0.141. The van der Waals surface area contributed by atoms with Crippen LogP contribution in [0.25, 0.3) is 10.4 Å². The van der Waals surface area contributed by atoms with Crippen LogP contribution >= 0.6 is 11.3 Å². The first-order valence-corrected chi connectivity index (χ1v) is 11.7. The van der Waals surface area contributed by atoms with E-state index in [1.807, 2.05) is 4.90 Å². The molecule has 1 aromatic carbocycles. The van der Waals surface area contributed by atoms with Crippen LogP contribution < -0.4 is 5.32 Å². The van der Waals surface area contributed by atoms with Crippen LogP contribution in [0.4, 0.5) is 0 Å². The normalized spacial score (nSPS) is 22.4. The van der Waals surface area contributed by atoms with E-state index in [1.165, 1.54) is 16.0 Å². The van der Waals surface area contributed by atoms with Crippen LogP contribution in [0.1, 0.15) is 31.7 Å². The largest absolute Gasteiger partial charge is 0.352 e. The van der Waals surface area contributed by atoms with Crippen molar-refractivity contribution in [3.05, 3.63) is 60.0 Å². The van der Waals surface area contributed by atoms with Crippen LogP contribution in [-0.4, -0.2) is 36.3 Å². The molecule has 1 N–H and O–H groups in total. The highest BCUT2D eigenvalue weighted by Crippen LogP contribution is 2.42. The van der Waals surface area contributed by atoms with E-state index in [2.05, 4.69) is 60.6 Å². The first-order valence-electron chi connectivity index (χ1n) is 10.8. The van der Waals surface area contributed by atoms with Crippen molar-refractivity contribution in [1.29, 1.82) is 0 Å². The fourth-order valence-electron chi connectivity index (χ4n) is 4.56. The van der Waals surface area contributed by atoms with Crippen molar-refractivity contribution in [2.45, 2.75) is 32.6 Å². The fraction of sp³-hybridized carbons (Fsp3) is 0.440. The maximum Gasteiger partial charge on any atom is 0.226 e. The zero-order valence-electron chi connectivity index (χ0n) is 17.6. The smallest absolute Gasteiger partial charge is 0.226 e. The lowest BCUT2D eigenvalue weighted by Crippen LogP contribution is -2.51. The Kier molecular flexibility index (Phi) is 6.09. The standard InChI is InChI=1S/C25H30N2O2S/c1-3-11-26-24(29)25(9-12-27(13-10-25)23(28)21-15-18(21)2)17-19-6-4-7-20(16-19)22-8-5-14-30-22/h3-8,14,16,18,21H,1,9-13,15,17H2,2H3,(H,26,29)/t18-,21-/m0/s1. The Morgan fingerprint density at radius 1 is 1.27 bits per heavy atom. The highest BCUT2D eigenvalue weighted by Gasteiger charge is 2.46. The number of likely N-dealkylation sites (tertiary alicyclic amines) is 1. The highest BCUT2D eigenvalue weighted by molar-refractivity contribution is 7.13. The minimum atomic E-state index is -0.483. The molecule has 4 nitrogen and oxygen atoms in total. The molecule has 2 heterocycles. The van der Waals surface area contributed by atoms with E-state index < -0.39 is 5.41 Å². The van der Waals surface area contributed by atoms with Gasteiger partial charge < -0.3 is 10.2 Å². The minimum Gasteiger partial charge on any atom is -0.352 e. The van der Waals surface area contributed by atoms with E-state index in [-0.39, 0.29) is 17.7 Å². The fourth-order valence-corrected chi connectivity index (χ4v) is 5.28. The van der Waals surface area contributed by atoms with E-state index >= 15 is 0 Å². The van der Waals surface area contributed by atoms with Gasteiger partial charge in [0.05, 0.1) is 5.41 Å². The third kappa shape index (κ3) is 4.36. The lowest BCUT2D eigenvalue weighted by atomic mass is 9.72. The molecule has 5 heteroatoms. The summed E-state index contributed by atoms with van der Waals surface area (Å²) in [6.45, 7) is 7.66. The van der Waals surface area contributed by atoms with Crippen molar-refractivity contribution in [2.24, 2.45) is 17.3 Å². The predicted molar refractivity (Wildman–Crippen MR) is 122 cm³/mol. The molecule has 0 unspecified atom stereocenters. The summed E-state index contributed by atoms with van der Waals surface area (Å²) in [6, 6.07) is 12.7. The molecule has 1 saturated carbocycles. The van der Waals surface area contributed by atoms with Crippen LogP contribution in [0.2, 0.25) is 0 Å². The molecule has 1 aliphatic carbocycles. The summed E-state index contributed by atoms with van der Waals surface area (Å²) in [5, 5.41) is 5.12. The quantitative estimate of drug-likeness (QED) is 0.667. The average Bonchev–Trinajstić information content (AvgIpc) is 3.25. The Hall–Kier alpha value is -2.40. The number of nitrogens with zero attached hydrogens (tertiary/aromatic N) is 1. The number of thiophene rings is 1. The van der Waals surface area contributed by atoms with Crippen LogP contribution in [0.5, 0.6) is 0 Å². The van der Waals surface area contributed by atoms with Crippen molar-refractivity contribution >= 4 is 23.2 Å². The van der Waals surface area contributed by atoms with Gasteiger partial charge in [0.25, 0.3) is 0 Å². The van der Waals surface area contributed by atoms with E-state index in [4.69, 9.17) is 0 Å². The number of hydrogen-bond acceptors (Lipinski definition) is 3. The zero-order valence-corrected chi connectivity index (χ0v) is 18.4. The van der Waals surface area contributed by atoms with Crippen molar-refractivity contribution in [2.75, 3.05) is 19.6 Å². The number of benzene rings is 1. The van der Waals surface area contributed by atoms with Crippen LogP contribution in [0, 0.1) is 17.3 Å². The van der Waals surface area contributed by atoms with E-state index in [9.17, 15) is 9.59 Å². The number of carbonyl (C=O) groups is 2. The summed E-state index contributed by atoms with van der Waals surface area (Å²) >= 11 is 1.72. The molecule has 2 aromatic rings. The van der Waals surface area contributed by atoms with Gasteiger partial charge in [0.15, 0.2) is 0 Å². The van der Waals surface area contributed by atoms with Crippen LogP contribution in [-0.2, 0) is 16.0 Å². The molecule has 158 valence electrons. The molecule has 2 atom stereocenters. The Balaban J connectivity index is 1.52. The number of amides is 2. The zero-order chi connectivity index (χ0) is 21.1. The summed E-state index contributed by atoms with van der Waals surface area (Å²) < 4.78 is 0. The van der Waals surface area contributed by atoms with E-state index in [1.54, 1.807) is 17.4 Å². The predicted octanol–water partition coefficient (Wildman–Crippen LogP) is 4.52. The number of nitrogens with one attached hydrogen (secondary N) is 1. The molecule has 4 rings (SSSR count). The number of piperidine rings is 1. The summed E-state index contributed by atoms with van der Waals surface area (Å²) in [5.74, 6) is 1.08. The van der Waals surface area contributed by atoms with E-state index in [0.717, 1.165) is 6.42 Å². The first kappa shape index (κ1) is 20.9. The Labute approximate surface area is 183 Å². The number of carbonyl (C=O) groups excluding carboxylic acids is 2. The van der Waals surface area contributed by atoms with Gasteiger partial charge in [-0.2, -0.15) is 0 Å². The number of hydrogen-bond donors (Lipinski definition) is 1. The SMILES string of the molecule is C=CCNC(=O)C1(Cc2cccc(-c3cccs3)c2)CCN(C(=O)[C@H]2C[C@@H]2C)CC1. The van der Waals surface area contributed by atoms with Gasteiger partial charge in [0.1, 0.15) is 0 Å². The van der Waals surface area contributed by atoms with Gasteiger partial charge in [0, 0.05) is 30.4 Å². The van der Waals surface area contributed by atoms with Crippen molar-refractivity contribution < 1.29 is 9.59 Å². The summed E-state index contributed by atoms with van der Waals surface area (Å²) in [6.07, 6.45) is 4.82. The van der Waals surface area contributed by atoms with Gasteiger partial charge in [-0.05, 0) is 54.2 Å². The first-order chi connectivity index (χ1) is 14.5. The molecule has 0 spiro atoms. The molecular formula is C25H30N2O2S. The van der Waals surface area contributed by atoms with Gasteiger partial charge in [0.2, 0.25) is 11.8 Å². The second-order valence-corrected chi connectivity index (χ2v) is 9.73. The third-order valence-electron chi connectivity index (χ3n) is 6.62. The summed E-state index contributed by atoms with van der Waals surface area (Å²) in [4.78, 5) is 29.1. The summed E-state index contributed by atoms with van der Waals surface area (Å²) in [7, 11) is 0. The van der Waals surface area contributed by atoms with Crippen molar-refractivity contribution in [3.63, 3.8) is 0 Å². The van der Waals surface area contributed by atoms with Crippen LogP contribution in [0.3, 0.4) is 0 Å². The van der Waals surface area contributed by atoms with Gasteiger partial charge in [-0.1, -0.05) is 43.3 Å². The average molecular weight is 423 g/mol. The highest BCUT2D eigenvalue weighted by atomic mass is 32.1. The lowest BCUT2D eigenvalue weighted by Gasteiger charge is -2.41. The van der Waals surface area contributed by atoms with Gasteiger partial charge in [-0.15, -0.1) is 17.9 Å². The molecule has 2 fully saturated rings. The van der Waals surface area contributed by atoms with Crippen LogP contribution in [0.15, 0.2) is 54.4 Å². The van der Waals surface area contributed by atoms with Gasteiger partial charge >= 0.3 is 0 Å². The maximum atomic E-state index is 13.2. The molecular weight excluding hydrogens is 392 g/mol. The monoisotopic (exact) mass is 422 g/mol. The minimum absolute atomic E-state index is 0.0795. The van der Waals surface area contributed by atoms with Gasteiger partial charge in [-0.25, -0.2) is 0 Å². The van der Waals surface area contributed by atoms with Crippen molar-refractivity contribution in [3.8, 4) is 10.4 Å². The Bertz CT molecular complexity index is 913. The molecule has 0 radical (unpaired) electrons. The maximum absolute atomic E-state index is 13.2. The Morgan fingerprint density at radius 2 is 2.03 bits per heavy atom. The second-order valence-electron chi connectivity index (χ2n) is 8.78. The molecule has 1 saturated heterocycles. The molecule has 1 aliphatic heterocycles. The molecule has 0 bridgehead atoms. The van der Waals surface area contributed by atoms with E-state index in [0.29, 0.717) is 44.8 Å². The second kappa shape index (κ2) is 8.76. The molecule has 1 aromatic heterocycles. The topological polar surface area (TPSA) is 49.4 Å². The van der Waals surface area contributed by atoms with Gasteiger partial charge in [-0.3, -0.25) is 9.59 Å².